The molecule has 0 aromatic heterocycles. The first kappa shape index (κ1) is 5.14. The molecule has 1 nitrogen and oxygen atoms in total. The lowest BCUT2D eigenvalue weighted by Crippen LogP contribution is -2.15. The van der Waals surface area contributed by atoms with Crippen molar-refractivity contribution >= 4 is 0 Å². The molecular weight excluding hydrogens is 124 g/mol. The zero-order valence-corrected chi connectivity index (χ0v) is 5.79. The quantitative estimate of drug-likeness (QED) is 0.391. The Bertz CT molecular complexity index is 229. The third kappa shape index (κ3) is 0.410. The minimum Gasteiger partial charge on any atom is -0.364 e. The van der Waals surface area contributed by atoms with Crippen LogP contribution < -0.4 is 0 Å². The molecule has 0 amide bonds. The molecule has 4 unspecified atom stereocenters. The Balaban J connectivity index is 1.97. The Hall–Kier alpha value is -0.560. The van der Waals surface area contributed by atoms with Gasteiger partial charge in [0.1, 0.15) is 6.10 Å². The Kier molecular flexibility index (Phi) is 0.706. The Morgan fingerprint density at radius 3 is 3.20 bits per heavy atom. The first-order valence-corrected chi connectivity index (χ1v) is 3.89. The zero-order valence-electron chi connectivity index (χ0n) is 5.79. The van der Waals surface area contributed by atoms with Crippen molar-refractivity contribution in [3.63, 3.8) is 0 Å². The highest BCUT2D eigenvalue weighted by Crippen LogP contribution is 2.54. The SMILES string of the molecule is C=CC1CC2=CC1C1OC21. The Morgan fingerprint density at radius 2 is 2.60 bits per heavy atom. The van der Waals surface area contributed by atoms with Gasteiger partial charge in [-0.05, 0) is 17.9 Å². The average molecular weight is 134 g/mol. The highest BCUT2D eigenvalue weighted by Gasteiger charge is 2.57. The summed E-state index contributed by atoms with van der Waals surface area (Å²) in [4.78, 5) is 0. The van der Waals surface area contributed by atoms with E-state index in [2.05, 4.69) is 18.7 Å². The van der Waals surface area contributed by atoms with E-state index in [1.807, 2.05) is 0 Å². The van der Waals surface area contributed by atoms with Crippen molar-refractivity contribution in [2.75, 3.05) is 0 Å². The van der Waals surface area contributed by atoms with Gasteiger partial charge in [0.25, 0.3) is 0 Å². The normalized spacial score (nSPS) is 54.2. The second-order valence-electron chi connectivity index (χ2n) is 3.44. The van der Waals surface area contributed by atoms with Crippen LogP contribution in [0.15, 0.2) is 24.3 Å². The van der Waals surface area contributed by atoms with Crippen LogP contribution in [0.5, 0.6) is 0 Å². The van der Waals surface area contributed by atoms with Crippen LogP contribution in [0.25, 0.3) is 0 Å². The van der Waals surface area contributed by atoms with Gasteiger partial charge in [0.05, 0.1) is 6.10 Å². The predicted molar refractivity (Wildman–Crippen MR) is 38.5 cm³/mol. The van der Waals surface area contributed by atoms with Gasteiger partial charge >= 0.3 is 0 Å². The van der Waals surface area contributed by atoms with Gasteiger partial charge in [-0.1, -0.05) is 12.2 Å². The summed E-state index contributed by atoms with van der Waals surface area (Å²) in [5.74, 6) is 1.39. The largest absolute Gasteiger partial charge is 0.364 e. The molecule has 0 aromatic rings. The topological polar surface area (TPSA) is 12.5 Å². The van der Waals surface area contributed by atoms with Crippen molar-refractivity contribution < 1.29 is 4.74 Å². The summed E-state index contributed by atoms with van der Waals surface area (Å²) in [7, 11) is 0. The van der Waals surface area contributed by atoms with Crippen molar-refractivity contribution in [1.82, 2.24) is 0 Å². The minimum atomic E-state index is 0.543. The lowest BCUT2D eigenvalue weighted by atomic mass is 9.87. The Morgan fingerprint density at radius 1 is 1.70 bits per heavy atom. The maximum absolute atomic E-state index is 5.46. The monoisotopic (exact) mass is 134 g/mol. The van der Waals surface area contributed by atoms with Crippen molar-refractivity contribution in [3.8, 4) is 0 Å². The highest BCUT2D eigenvalue weighted by atomic mass is 16.6. The summed E-state index contributed by atoms with van der Waals surface area (Å²) in [5, 5.41) is 0. The number of hydrogen-bond acceptors (Lipinski definition) is 1. The zero-order chi connectivity index (χ0) is 6.72. The van der Waals surface area contributed by atoms with Gasteiger partial charge in [0.2, 0.25) is 0 Å². The minimum absolute atomic E-state index is 0.543. The van der Waals surface area contributed by atoms with E-state index in [0.29, 0.717) is 24.0 Å². The molecule has 1 fully saturated rings. The standard InChI is InChI=1S/C9H10O/c1-2-5-3-6-4-7(5)9-8(6)10-9/h2,4-5,7-9H,1,3H2. The number of allylic oxidation sites excluding steroid dienone is 1. The van der Waals surface area contributed by atoms with E-state index in [9.17, 15) is 0 Å². The van der Waals surface area contributed by atoms with Crippen molar-refractivity contribution in [1.29, 1.82) is 0 Å². The number of rotatable bonds is 1. The molecule has 10 heavy (non-hydrogen) atoms. The molecule has 2 aliphatic carbocycles. The van der Waals surface area contributed by atoms with Gasteiger partial charge < -0.3 is 4.74 Å². The molecule has 0 radical (unpaired) electrons. The molecular formula is C9H10O. The lowest BCUT2D eigenvalue weighted by Gasteiger charge is -2.14. The van der Waals surface area contributed by atoms with Gasteiger partial charge in [0.15, 0.2) is 0 Å². The summed E-state index contributed by atoms with van der Waals surface area (Å²) >= 11 is 0. The fourth-order valence-corrected chi connectivity index (χ4v) is 2.35. The summed E-state index contributed by atoms with van der Waals surface area (Å²) in [6.45, 7) is 3.83. The molecule has 4 atom stereocenters. The van der Waals surface area contributed by atoms with Crippen LogP contribution in [0.3, 0.4) is 0 Å². The van der Waals surface area contributed by atoms with Crippen molar-refractivity contribution in [3.05, 3.63) is 24.3 Å². The van der Waals surface area contributed by atoms with Crippen LogP contribution in [0.1, 0.15) is 6.42 Å². The van der Waals surface area contributed by atoms with E-state index in [-0.39, 0.29) is 0 Å². The van der Waals surface area contributed by atoms with Gasteiger partial charge in [-0.3, -0.25) is 0 Å². The summed E-state index contributed by atoms with van der Waals surface area (Å²) in [6.07, 6.45) is 6.79. The van der Waals surface area contributed by atoms with Crippen LogP contribution in [0.4, 0.5) is 0 Å². The van der Waals surface area contributed by atoms with Gasteiger partial charge in [-0.15, -0.1) is 6.58 Å². The second kappa shape index (κ2) is 1.37. The maximum atomic E-state index is 5.46. The smallest absolute Gasteiger partial charge is 0.106 e. The van der Waals surface area contributed by atoms with Crippen LogP contribution in [-0.2, 0) is 4.74 Å². The maximum Gasteiger partial charge on any atom is 0.106 e. The molecule has 0 saturated carbocycles. The predicted octanol–water partition coefficient (Wildman–Crippen LogP) is 1.52. The average Bonchev–Trinajstić information content (AvgIpc) is 2.58. The Labute approximate surface area is 60.4 Å². The van der Waals surface area contributed by atoms with E-state index in [0.717, 1.165) is 0 Å². The molecule has 2 bridgehead atoms. The highest BCUT2D eigenvalue weighted by molar-refractivity contribution is 5.36. The summed E-state index contributed by atoms with van der Waals surface area (Å²) in [5.41, 5.74) is 1.54. The van der Waals surface area contributed by atoms with E-state index < -0.39 is 0 Å². The third-order valence-corrected chi connectivity index (χ3v) is 2.95. The van der Waals surface area contributed by atoms with Crippen LogP contribution in [0, 0.1) is 11.8 Å². The summed E-state index contributed by atoms with van der Waals surface area (Å²) in [6, 6.07) is 0. The number of ether oxygens (including phenoxy) is 1. The van der Waals surface area contributed by atoms with E-state index in [4.69, 9.17) is 4.74 Å². The molecule has 1 heteroatoms. The molecule has 3 rings (SSSR count). The number of epoxide rings is 1. The molecule has 1 heterocycles. The van der Waals surface area contributed by atoms with Crippen LogP contribution >= 0.6 is 0 Å². The van der Waals surface area contributed by atoms with E-state index >= 15 is 0 Å². The van der Waals surface area contributed by atoms with Crippen LogP contribution in [-0.4, -0.2) is 12.2 Å². The second-order valence-corrected chi connectivity index (χ2v) is 3.44. The molecule has 1 aliphatic heterocycles. The molecule has 0 spiro atoms. The van der Waals surface area contributed by atoms with Gasteiger partial charge in [0, 0.05) is 5.92 Å². The fraction of sp³-hybridized carbons (Fsp3) is 0.556. The molecule has 0 N–H and O–H groups in total. The van der Waals surface area contributed by atoms with Gasteiger partial charge in [-0.2, -0.15) is 0 Å². The van der Waals surface area contributed by atoms with Gasteiger partial charge in [-0.25, -0.2) is 0 Å². The third-order valence-electron chi connectivity index (χ3n) is 2.95. The first-order valence-electron chi connectivity index (χ1n) is 3.89. The lowest BCUT2D eigenvalue weighted by molar-refractivity contribution is 0.328. The molecule has 3 aliphatic rings. The molecule has 1 saturated heterocycles. The molecule has 0 aromatic carbocycles. The first-order chi connectivity index (χ1) is 4.90. The fourth-order valence-electron chi connectivity index (χ4n) is 2.35. The molecule has 52 valence electrons. The van der Waals surface area contributed by atoms with E-state index in [1.165, 1.54) is 6.42 Å². The number of fused-ring (bicyclic) bond motifs is 4. The van der Waals surface area contributed by atoms with Crippen molar-refractivity contribution in [2.45, 2.75) is 18.6 Å². The summed E-state index contributed by atoms with van der Waals surface area (Å²) < 4.78 is 5.46. The van der Waals surface area contributed by atoms with Crippen LogP contribution in [0.2, 0.25) is 0 Å². The number of hydrogen-bond donors (Lipinski definition) is 0. The van der Waals surface area contributed by atoms with E-state index in [1.54, 1.807) is 5.57 Å². The van der Waals surface area contributed by atoms with Crippen molar-refractivity contribution in [2.24, 2.45) is 11.8 Å².